The molecule has 4 rings (SSSR count). The highest BCUT2D eigenvalue weighted by Crippen LogP contribution is 2.30. The summed E-state index contributed by atoms with van der Waals surface area (Å²) in [6, 6.07) is 13.2. The fourth-order valence-corrected chi connectivity index (χ4v) is 2.88. The monoisotopic (exact) mass is 344 g/mol. The van der Waals surface area contributed by atoms with Crippen LogP contribution in [-0.2, 0) is 0 Å². The summed E-state index contributed by atoms with van der Waals surface area (Å²) in [6.45, 7) is 1.99. The Kier molecular flexibility index (Phi) is 3.81. The normalized spacial score (nSPS) is 10.8. The van der Waals surface area contributed by atoms with Crippen molar-refractivity contribution in [3.63, 3.8) is 0 Å². The summed E-state index contributed by atoms with van der Waals surface area (Å²) in [4.78, 5) is 14.0. The van der Waals surface area contributed by atoms with Crippen molar-refractivity contribution in [2.45, 2.75) is 6.92 Å². The maximum atomic E-state index is 11.0. The summed E-state index contributed by atoms with van der Waals surface area (Å²) in [7, 11) is 0. The third-order valence-corrected chi connectivity index (χ3v) is 4.27. The Bertz CT molecular complexity index is 1080. The number of hydrogen-bond donors (Lipinski definition) is 2. The van der Waals surface area contributed by atoms with Gasteiger partial charge in [0.15, 0.2) is 5.82 Å². The van der Waals surface area contributed by atoms with Crippen molar-refractivity contribution in [2.75, 3.05) is 5.73 Å². The predicted octanol–water partition coefficient (Wildman–Crippen LogP) is 3.03. The van der Waals surface area contributed by atoms with Crippen LogP contribution < -0.4 is 5.73 Å². The largest absolute Gasteiger partial charge is 0.383 e. The first kappa shape index (κ1) is 15.8. The highest BCUT2D eigenvalue weighted by molar-refractivity contribution is 5.82. The molecule has 0 bridgehead atoms. The van der Waals surface area contributed by atoms with Gasteiger partial charge in [-0.2, -0.15) is 5.10 Å². The lowest BCUT2D eigenvalue weighted by molar-refractivity contribution is 0.112. The van der Waals surface area contributed by atoms with Gasteiger partial charge in [0.05, 0.1) is 11.9 Å². The molecule has 0 aliphatic heterocycles. The molecule has 0 aliphatic carbocycles. The molecule has 0 amide bonds. The number of carbonyl (C=O) groups is 1. The SMILES string of the molecule is Cc1ccc(-c2nnc[nH]2)cc1-n1ncc(-c2cccc(C=O)c2)c1N. The van der Waals surface area contributed by atoms with E-state index in [1.807, 2.05) is 37.3 Å². The van der Waals surface area contributed by atoms with Gasteiger partial charge >= 0.3 is 0 Å². The van der Waals surface area contributed by atoms with Crippen LogP contribution in [0.25, 0.3) is 28.2 Å². The highest BCUT2D eigenvalue weighted by atomic mass is 16.1. The van der Waals surface area contributed by atoms with Gasteiger partial charge in [-0.05, 0) is 30.2 Å². The Balaban J connectivity index is 1.81. The van der Waals surface area contributed by atoms with Crippen LogP contribution in [-0.4, -0.2) is 31.2 Å². The number of carbonyl (C=O) groups excluding carboxylic acids is 1. The molecule has 128 valence electrons. The van der Waals surface area contributed by atoms with E-state index < -0.39 is 0 Å². The Hall–Kier alpha value is -3.74. The Morgan fingerprint density at radius 3 is 2.81 bits per heavy atom. The first-order valence-corrected chi connectivity index (χ1v) is 8.04. The average molecular weight is 344 g/mol. The van der Waals surface area contributed by atoms with Crippen molar-refractivity contribution >= 4 is 12.1 Å². The number of aldehydes is 1. The zero-order chi connectivity index (χ0) is 18.1. The summed E-state index contributed by atoms with van der Waals surface area (Å²) in [6.07, 6.45) is 4.06. The van der Waals surface area contributed by atoms with E-state index in [1.54, 1.807) is 23.0 Å². The molecule has 0 atom stereocenters. The van der Waals surface area contributed by atoms with Crippen molar-refractivity contribution < 1.29 is 4.79 Å². The average Bonchev–Trinajstić information content (AvgIpc) is 3.32. The standard InChI is InChI=1S/C19H16N6O/c1-12-5-6-15(19-21-11-22-24-19)8-17(12)25-18(20)16(9-23-25)14-4-2-3-13(7-14)10-26/h2-11H,20H2,1H3,(H,21,22,24). The number of hydrogen-bond acceptors (Lipinski definition) is 5. The van der Waals surface area contributed by atoms with Gasteiger partial charge in [0, 0.05) is 16.7 Å². The number of aromatic amines is 1. The Morgan fingerprint density at radius 2 is 2.04 bits per heavy atom. The van der Waals surface area contributed by atoms with Crippen LogP contribution in [0.3, 0.4) is 0 Å². The molecular weight excluding hydrogens is 328 g/mol. The van der Waals surface area contributed by atoms with Crippen molar-refractivity contribution in [3.05, 3.63) is 66.1 Å². The lowest BCUT2D eigenvalue weighted by Gasteiger charge is -2.10. The highest BCUT2D eigenvalue weighted by Gasteiger charge is 2.14. The van der Waals surface area contributed by atoms with Gasteiger partial charge in [0.1, 0.15) is 18.4 Å². The molecule has 7 nitrogen and oxygen atoms in total. The summed E-state index contributed by atoms with van der Waals surface area (Å²) in [5.74, 6) is 1.18. The quantitative estimate of drug-likeness (QED) is 0.554. The first-order valence-electron chi connectivity index (χ1n) is 8.04. The topological polar surface area (TPSA) is 102 Å². The maximum absolute atomic E-state index is 11.0. The summed E-state index contributed by atoms with van der Waals surface area (Å²) in [5, 5.41) is 12.3. The lowest BCUT2D eigenvalue weighted by Crippen LogP contribution is -2.04. The van der Waals surface area contributed by atoms with Crippen LogP contribution in [0.1, 0.15) is 15.9 Å². The van der Waals surface area contributed by atoms with Crippen molar-refractivity contribution in [3.8, 4) is 28.2 Å². The van der Waals surface area contributed by atoms with Crippen LogP contribution in [0.2, 0.25) is 0 Å². The van der Waals surface area contributed by atoms with Crippen LogP contribution in [0, 0.1) is 6.92 Å². The molecule has 2 aromatic heterocycles. The molecular formula is C19H16N6O. The van der Waals surface area contributed by atoms with Gasteiger partial charge in [-0.1, -0.05) is 30.3 Å². The number of anilines is 1. The van der Waals surface area contributed by atoms with Crippen LogP contribution in [0.5, 0.6) is 0 Å². The van der Waals surface area contributed by atoms with E-state index in [1.165, 1.54) is 6.33 Å². The number of nitrogens with one attached hydrogen (secondary N) is 1. The second kappa shape index (κ2) is 6.29. The van der Waals surface area contributed by atoms with E-state index in [-0.39, 0.29) is 0 Å². The van der Waals surface area contributed by atoms with Crippen LogP contribution in [0.4, 0.5) is 5.82 Å². The summed E-state index contributed by atoms with van der Waals surface area (Å²) >= 11 is 0. The summed E-state index contributed by atoms with van der Waals surface area (Å²) < 4.78 is 1.69. The van der Waals surface area contributed by atoms with Crippen molar-refractivity contribution in [2.24, 2.45) is 0 Å². The van der Waals surface area contributed by atoms with Crippen molar-refractivity contribution in [1.82, 2.24) is 25.0 Å². The Labute approximate surface area is 149 Å². The second-order valence-electron chi connectivity index (χ2n) is 5.94. The molecule has 0 unspecified atom stereocenters. The van der Waals surface area contributed by atoms with Crippen LogP contribution in [0.15, 0.2) is 55.0 Å². The third kappa shape index (κ3) is 2.65. The number of aryl methyl sites for hydroxylation is 1. The molecule has 0 radical (unpaired) electrons. The minimum absolute atomic E-state index is 0.505. The van der Waals surface area contributed by atoms with Gasteiger partial charge < -0.3 is 10.7 Å². The number of nitrogens with zero attached hydrogens (tertiary/aromatic N) is 4. The zero-order valence-electron chi connectivity index (χ0n) is 14.0. The number of H-pyrrole nitrogens is 1. The Morgan fingerprint density at radius 1 is 1.15 bits per heavy atom. The van der Waals surface area contributed by atoms with E-state index in [4.69, 9.17) is 5.73 Å². The van der Waals surface area contributed by atoms with E-state index in [0.29, 0.717) is 17.2 Å². The van der Waals surface area contributed by atoms with E-state index >= 15 is 0 Å². The minimum atomic E-state index is 0.505. The van der Waals surface area contributed by atoms with E-state index in [0.717, 1.165) is 34.2 Å². The van der Waals surface area contributed by atoms with Gasteiger partial charge in [-0.15, -0.1) is 10.2 Å². The molecule has 4 aromatic rings. The number of nitrogens with two attached hydrogens (primary N) is 1. The van der Waals surface area contributed by atoms with Gasteiger partial charge in [-0.3, -0.25) is 4.79 Å². The van der Waals surface area contributed by atoms with E-state index in [9.17, 15) is 4.79 Å². The second-order valence-corrected chi connectivity index (χ2v) is 5.94. The minimum Gasteiger partial charge on any atom is -0.383 e. The molecule has 2 heterocycles. The summed E-state index contributed by atoms with van der Waals surface area (Å²) in [5.41, 5.74) is 11.4. The molecule has 0 spiro atoms. The fraction of sp³-hybridized carbons (Fsp3) is 0.0526. The number of aromatic nitrogens is 5. The molecule has 0 fully saturated rings. The van der Waals surface area contributed by atoms with E-state index in [2.05, 4.69) is 20.3 Å². The first-order chi connectivity index (χ1) is 12.7. The van der Waals surface area contributed by atoms with Gasteiger partial charge in [-0.25, -0.2) is 4.68 Å². The number of nitrogen functional groups attached to an aromatic ring is 1. The number of benzene rings is 2. The molecule has 0 aliphatic rings. The lowest BCUT2D eigenvalue weighted by atomic mass is 10.1. The zero-order valence-corrected chi connectivity index (χ0v) is 14.0. The maximum Gasteiger partial charge on any atom is 0.161 e. The van der Waals surface area contributed by atoms with Crippen molar-refractivity contribution in [1.29, 1.82) is 0 Å². The number of rotatable bonds is 4. The third-order valence-electron chi connectivity index (χ3n) is 4.27. The van der Waals surface area contributed by atoms with Gasteiger partial charge in [0.25, 0.3) is 0 Å². The molecule has 0 saturated heterocycles. The fourth-order valence-electron chi connectivity index (χ4n) is 2.88. The molecule has 3 N–H and O–H groups in total. The molecule has 0 saturated carbocycles. The predicted molar refractivity (Wildman–Crippen MR) is 98.9 cm³/mol. The van der Waals surface area contributed by atoms with Crippen LogP contribution >= 0.6 is 0 Å². The molecule has 7 heteroatoms. The smallest absolute Gasteiger partial charge is 0.161 e. The molecule has 26 heavy (non-hydrogen) atoms. The molecule has 2 aromatic carbocycles. The van der Waals surface area contributed by atoms with Gasteiger partial charge in [0.2, 0.25) is 0 Å².